The molecule has 0 N–H and O–H groups in total. The summed E-state index contributed by atoms with van der Waals surface area (Å²) in [5, 5.41) is 1.24. The van der Waals surface area contributed by atoms with Crippen LogP contribution in [0.4, 0.5) is 0 Å². The van der Waals surface area contributed by atoms with Crippen LogP contribution in [0.25, 0.3) is 0 Å². The summed E-state index contributed by atoms with van der Waals surface area (Å²) in [5.74, 6) is 0.795. The zero-order valence-electron chi connectivity index (χ0n) is 12.6. The normalized spacial score (nSPS) is 14.1. The van der Waals surface area contributed by atoms with E-state index in [0.29, 0.717) is 16.7 Å². The molecule has 0 atom stereocenters. The van der Waals surface area contributed by atoms with E-state index < -0.39 is 0 Å². The second-order valence-electron chi connectivity index (χ2n) is 5.55. The number of benzene rings is 2. The minimum atomic E-state index is 0.409. The number of thiocarbonyl (C=S) groups is 1. The highest BCUT2D eigenvalue weighted by Gasteiger charge is 2.15. The predicted octanol–water partition coefficient (Wildman–Crippen LogP) is 5.34. The predicted molar refractivity (Wildman–Crippen MR) is 99.7 cm³/mol. The van der Waals surface area contributed by atoms with E-state index >= 15 is 0 Å². The first-order chi connectivity index (χ1) is 11.1. The molecule has 1 aliphatic rings. The summed E-state index contributed by atoms with van der Waals surface area (Å²) in [6, 6.07) is 13.3. The van der Waals surface area contributed by atoms with Crippen molar-refractivity contribution in [2.45, 2.75) is 19.4 Å². The van der Waals surface area contributed by atoms with Crippen LogP contribution in [0.1, 0.15) is 24.0 Å². The van der Waals surface area contributed by atoms with Crippen LogP contribution in [0.5, 0.6) is 5.75 Å². The van der Waals surface area contributed by atoms with Crippen molar-refractivity contribution in [2.75, 3.05) is 13.1 Å². The highest BCUT2D eigenvalue weighted by molar-refractivity contribution is 7.80. The summed E-state index contributed by atoms with van der Waals surface area (Å²) < 4.78 is 5.79. The Morgan fingerprint density at radius 2 is 1.74 bits per heavy atom. The van der Waals surface area contributed by atoms with Gasteiger partial charge in [0.15, 0.2) is 0 Å². The van der Waals surface area contributed by atoms with E-state index in [1.165, 1.54) is 12.8 Å². The first-order valence-electron chi connectivity index (χ1n) is 7.59. The van der Waals surface area contributed by atoms with Gasteiger partial charge in [0.2, 0.25) is 0 Å². The molecule has 0 unspecified atom stereocenters. The average Bonchev–Trinajstić information content (AvgIpc) is 3.08. The smallest absolute Gasteiger partial charge is 0.119 e. The van der Waals surface area contributed by atoms with Crippen molar-refractivity contribution in [1.82, 2.24) is 4.90 Å². The Morgan fingerprint density at radius 1 is 1.04 bits per heavy atom. The quantitative estimate of drug-likeness (QED) is 0.678. The van der Waals surface area contributed by atoms with Crippen LogP contribution < -0.4 is 4.74 Å². The summed E-state index contributed by atoms with van der Waals surface area (Å²) in [6.07, 6.45) is 2.45. The lowest BCUT2D eigenvalue weighted by Gasteiger charge is -2.18. The van der Waals surface area contributed by atoms with Crippen molar-refractivity contribution in [3.8, 4) is 5.75 Å². The number of ether oxygens (including phenoxy) is 1. The SMILES string of the molecule is S=C(c1ccc(OCc2ccc(Cl)cc2Cl)cc1)N1CCCC1. The van der Waals surface area contributed by atoms with E-state index in [1.807, 2.05) is 36.4 Å². The summed E-state index contributed by atoms with van der Waals surface area (Å²) in [5.41, 5.74) is 1.98. The number of halogens is 2. The van der Waals surface area contributed by atoms with Crippen LogP contribution in [0.3, 0.4) is 0 Å². The van der Waals surface area contributed by atoms with Crippen molar-refractivity contribution in [1.29, 1.82) is 0 Å². The molecule has 5 heteroatoms. The summed E-state index contributed by atoms with van der Waals surface area (Å²) in [7, 11) is 0. The van der Waals surface area contributed by atoms with E-state index in [4.69, 9.17) is 40.2 Å². The number of likely N-dealkylation sites (tertiary alicyclic amines) is 1. The van der Waals surface area contributed by atoms with Crippen molar-refractivity contribution in [3.63, 3.8) is 0 Å². The molecular formula is C18H17Cl2NOS. The maximum absolute atomic E-state index is 6.15. The van der Waals surface area contributed by atoms with Crippen LogP contribution in [0.2, 0.25) is 10.0 Å². The number of rotatable bonds is 4. The van der Waals surface area contributed by atoms with Gasteiger partial charge in [-0.25, -0.2) is 0 Å². The lowest BCUT2D eigenvalue weighted by molar-refractivity contribution is 0.306. The molecule has 1 saturated heterocycles. The molecule has 120 valence electrons. The van der Waals surface area contributed by atoms with E-state index in [1.54, 1.807) is 6.07 Å². The maximum Gasteiger partial charge on any atom is 0.119 e. The van der Waals surface area contributed by atoms with Gasteiger partial charge in [0.25, 0.3) is 0 Å². The monoisotopic (exact) mass is 365 g/mol. The Morgan fingerprint density at radius 3 is 2.39 bits per heavy atom. The summed E-state index contributed by atoms with van der Waals surface area (Å²) in [4.78, 5) is 3.19. The highest BCUT2D eigenvalue weighted by atomic mass is 35.5. The van der Waals surface area contributed by atoms with Crippen LogP contribution in [-0.4, -0.2) is 23.0 Å². The maximum atomic E-state index is 6.15. The fraction of sp³-hybridized carbons (Fsp3) is 0.278. The van der Waals surface area contributed by atoms with Crippen molar-refractivity contribution >= 4 is 40.4 Å². The zero-order chi connectivity index (χ0) is 16.2. The lowest BCUT2D eigenvalue weighted by Crippen LogP contribution is -2.26. The van der Waals surface area contributed by atoms with Crippen LogP contribution in [0.15, 0.2) is 42.5 Å². The molecule has 23 heavy (non-hydrogen) atoms. The van der Waals surface area contributed by atoms with Gasteiger partial charge in [-0.05, 0) is 49.2 Å². The molecule has 0 aromatic heterocycles. The molecule has 1 heterocycles. The molecule has 0 aliphatic carbocycles. The second-order valence-corrected chi connectivity index (χ2v) is 6.78. The molecule has 2 aromatic rings. The lowest BCUT2D eigenvalue weighted by atomic mass is 10.2. The van der Waals surface area contributed by atoms with E-state index in [-0.39, 0.29) is 0 Å². The molecule has 0 amide bonds. The third-order valence-corrected chi connectivity index (χ3v) is 4.98. The summed E-state index contributed by atoms with van der Waals surface area (Å²) >= 11 is 17.6. The molecule has 0 bridgehead atoms. The molecule has 3 rings (SSSR count). The Balaban J connectivity index is 1.62. The average molecular weight is 366 g/mol. The summed E-state index contributed by atoms with van der Waals surface area (Å²) in [6.45, 7) is 2.53. The number of hydrogen-bond donors (Lipinski definition) is 0. The Bertz CT molecular complexity index is 697. The highest BCUT2D eigenvalue weighted by Crippen LogP contribution is 2.23. The number of nitrogens with zero attached hydrogens (tertiary/aromatic N) is 1. The molecule has 0 radical (unpaired) electrons. The van der Waals surface area contributed by atoms with Crippen LogP contribution in [-0.2, 0) is 6.61 Å². The van der Waals surface area contributed by atoms with E-state index in [0.717, 1.165) is 35.0 Å². The molecule has 2 aromatic carbocycles. The molecule has 0 saturated carbocycles. The minimum Gasteiger partial charge on any atom is -0.489 e. The van der Waals surface area contributed by atoms with Crippen molar-refractivity contribution in [3.05, 3.63) is 63.6 Å². The second kappa shape index (κ2) is 7.52. The molecule has 1 aliphatic heterocycles. The molecular weight excluding hydrogens is 349 g/mol. The van der Waals surface area contributed by atoms with Crippen LogP contribution in [0, 0.1) is 0 Å². The van der Waals surface area contributed by atoms with Gasteiger partial charge < -0.3 is 9.64 Å². The molecule has 1 fully saturated rings. The fourth-order valence-electron chi connectivity index (χ4n) is 2.60. The largest absolute Gasteiger partial charge is 0.489 e. The van der Waals surface area contributed by atoms with Crippen LogP contribution >= 0.6 is 35.4 Å². The van der Waals surface area contributed by atoms with Gasteiger partial charge in [-0.3, -0.25) is 0 Å². The van der Waals surface area contributed by atoms with E-state index in [9.17, 15) is 0 Å². The van der Waals surface area contributed by atoms with Gasteiger partial charge in [-0.15, -0.1) is 0 Å². The third kappa shape index (κ3) is 4.17. The Kier molecular flexibility index (Phi) is 5.42. The first kappa shape index (κ1) is 16.6. The molecule has 0 spiro atoms. The fourth-order valence-corrected chi connectivity index (χ4v) is 3.38. The third-order valence-electron chi connectivity index (χ3n) is 3.90. The topological polar surface area (TPSA) is 12.5 Å². The van der Waals surface area contributed by atoms with Crippen molar-refractivity contribution < 1.29 is 4.74 Å². The van der Waals surface area contributed by atoms with Gasteiger partial charge in [0.05, 0.1) is 0 Å². The molecule has 2 nitrogen and oxygen atoms in total. The first-order valence-corrected chi connectivity index (χ1v) is 8.76. The van der Waals surface area contributed by atoms with Gasteiger partial charge in [0.1, 0.15) is 17.3 Å². The van der Waals surface area contributed by atoms with E-state index in [2.05, 4.69) is 4.90 Å². The standard InChI is InChI=1S/C18H17Cl2NOS/c19-15-6-3-14(17(20)11-15)12-22-16-7-4-13(5-8-16)18(23)21-9-1-2-10-21/h3-8,11H,1-2,9-10,12H2. The van der Waals surface area contributed by atoms with Gasteiger partial charge in [-0.2, -0.15) is 0 Å². The zero-order valence-corrected chi connectivity index (χ0v) is 14.9. The van der Waals surface area contributed by atoms with Gasteiger partial charge in [-0.1, -0.05) is 41.5 Å². The number of hydrogen-bond acceptors (Lipinski definition) is 2. The van der Waals surface area contributed by atoms with Crippen molar-refractivity contribution in [2.24, 2.45) is 0 Å². The van der Waals surface area contributed by atoms with Gasteiger partial charge >= 0.3 is 0 Å². The Labute approximate surface area is 152 Å². The minimum absolute atomic E-state index is 0.409. The van der Waals surface area contributed by atoms with Gasteiger partial charge in [0, 0.05) is 34.3 Å². The Hall–Kier alpha value is -1.29.